The second-order valence-electron chi connectivity index (χ2n) is 9.80. The Morgan fingerprint density at radius 3 is 0.931 bits per heavy atom. The van der Waals surface area contributed by atoms with Crippen LogP contribution in [0.3, 0.4) is 0 Å². The van der Waals surface area contributed by atoms with Gasteiger partial charge in [-0.25, -0.2) is 0 Å². The van der Waals surface area contributed by atoms with Crippen molar-refractivity contribution in [2.24, 2.45) is 5.92 Å². The van der Waals surface area contributed by atoms with Crippen LogP contribution in [0.2, 0.25) is 0 Å². The van der Waals surface area contributed by atoms with Crippen LogP contribution in [-0.2, 0) is 0 Å². The minimum absolute atomic E-state index is 0.973. The highest BCUT2D eigenvalue weighted by Crippen LogP contribution is 2.23. The van der Waals surface area contributed by atoms with E-state index in [0.717, 1.165) is 12.3 Å². The van der Waals surface area contributed by atoms with E-state index in [1.54, 1.807) is 0 Å². The quantitative estimate of drug-likeness (QED) is 0.132. The monoisotopic (exact) mass is 407 g/mol. The Labute approximate surface area is 187 Å². The molecule has 0 fully saturated rings. The van der Waals surface area contributed by atoms with E-state index in [2.05, 4.69) is 20.8 Å². The lowest BCUT2D eigenvalue weighted by atomic mass is 9.90. The molecule has 0 saturated carbocycles. The maximum absolute atomic E-state index is 4.11. The molecule has 0 aromatic heterocycles. The van der Waals surface area contributed by atoms with Crippen LogP contribution in [0, 0.1) is 12.8 Å². The molecular formula is C29H59. The van der Waals surface area contributed by atoms with Crippen LogP contribution in [0.15, 0.2) is 0 Å². The molecule has 0 aliphatic rings. The molecule has 0 heteroatoms. The average Bonchev–Trinajstić information content (AvgIpc) is 2.73. The molecule has 0 rings (SSSR count). The third kappa shape index (κ3) is 24.1. The first-order chi connectivity index (χ1) is 14.3. The van der Waals surface area contributed by atoms with Crippen LogP contribution in [0.5, 0.6) is 0 Å². The van der Waals surface area contributed by atoms with E-state index >= 15 is 0 Å². The van der Waals surface area contributed by atoms with Gasteiger partial charge >= 0.3 is 0 Å². The predicted octanol–water partition coefficient (Wildman–Crippen LogP) is 11.2. The predicted molar refractivity (Wildman–Crippen MR) is 136 cm³/mol. The molecule has 0 spiro atoms. The molecule has 0 aliphatic heterocycles. The van der Waals surface area contributed by atoms with Gasteiger partial charge in [-0.15, -0.1) is 0 Å². The van der Waals surface area contributed by atoms with E-state index in [-0.39, 0.29) is 0 Å². The van der Waals surface area contributed by atoms with Gasteiger partial charge in [0.05, 0.1) is 0 Å². The number of hydrogen-bond donors (Lipinski definition) is 0. The normalized spacial score (nSPS) is 12.5. The molecule has 0 heterocycles. The molecule has 0 bridgehead atoms. The van der Waals surface area contributed by atoms with Gasteiger partial charge in [0.15, 0.2) is 0 Å². The lowest BCUT2D eigenvalue weighted by Gasteiger charge is -2.16. The highest BCUT2D eigenvalue weighted by molar-refractivity contribution is 4.62. The molecule has 0 nitrogen and oxygen atoms in total. The highest BCUT2D eigenvalue weighted by Gasteiger charge is 2.07. The number of hydrogen-bond acceptors (Lipinski definition) is 0. The third-order valence-corrected chi connectivity index (χ3v) is 6.79. The Morgan fingerprint density at radius 2 is 0.655 bits per heavy atom. The van der Waals surface area contributed by atoms with Crippen molar-refractivity contribution in [1.82, 2.24) is 0 Å². The summed E-state index contributed by atoms with van der Waals surface area (Å²) in [6.45, 7) is 8.72. The second kappa shape index (κ2) is 26.0. The summed E-state index contributed by atoms with van der Waals surface area (Å²) in [4.78, 5) is 0. The smallest absolute Gasteiger partial charge is 0.0414 e. The maximum atomic E-state index is 4.11. The highest BCUT2D eigenvalue weighted by atomic mass is 14.1. The molecule has 1 radical (unpaired) electrons. The topological polar surface area (TPSA) is 0 Å². The standard InChI is InChI=1S/C29H59/c1-4-7-9-11-12-13-14-15-16-17-18-19-20-21-23-25-28-29(26-6-3)27-24-22-10-8-5-2/h29H,3-28H2,1-2H3. The van der Waals surface area contributed by atoms with Gasteiger partial charge in [-0.2, -0.15) is 0 Å². The summed E-state index contributed by atoms with van der Waals surface area (Å²) in [5.74, 6) is 0.973. The van der Waals surface area contributed by atoms with Crippen LogP contribution in [-0.4, -0.2) is 0 Å². The Bertz CT molecular complexity index is 269. The third-order valence-electron chi connectivity index (χ3n) is 6.79. The lowest BCUT2D eigenvalue weighted by molar-refractivity contribution is 0.382. The minimum atomic E-state index is 0.973. The molecule has 0 saturated heterocycles. The Kier molecular flexibility index (Phi) is 26.0. The van der Waals surface area contributed by atoms with Crippen molar-refractivity contribution in [1.29, 1.82) is 0 Å². The van der Waals surface area contributed by atoms with Gasteiger partial charge in [-0.3, -0.25) is 0 Å². The van der Waals surface area contributed by atoms with Crippen LogP contribution in [0.25, 0.3) is 0 Å². The Hall–Kier alpha value is 0. The largest absolute Gasteiger partial charge is 0.0654 e. The van der Waals surface area contributed by atoms with E-state index in [4.69, 9.17) is 0 Å². The van der Waals surface area contributed by atoms with E-state index in [1.165, 1.54) is 154 Å². The molecule has 0 amide bonds. The summed E-state index contributed by atoms with van der Waals surface area (Å²) in [7, 11) is 0. The van der Waals surface area contributed by atoms with Crippen LogP contribution < -0.4 is 0 Å². The zero-order chi connectivity index (χ0) is 21.3. The zero-order valence-corrected chi connectivity index (χ0v) is 21.0. The van der Waals surface area contributed by atoms with Crippen molar-refractivity contribution in [2.75, 3.05) is 0 Å². The Morgan fingerprint density at radius 1 is 0.379 bits per heavy atom. The van der Waals surface area contributed by atoms with Crippen LogP contribution >= 0.6 is 0 Å². The molecule has 1 unspecified atom stereocenters. The van der Waals surface area contributed by atoms with E-state index in [9.17, 15) is 0 Å². The SMILES string of the molecule is [CH2]CCC(CCCCCCC)CCCCCCCCCCCCCCCCCC. The van der Waals surface area contributed by atoms with Gasteiger partial charge in [-0.05, 0) is 5.92 Å². The summed E-state index contributed by atoms with van der Waals surface area (Å²) in [5, 5.41) is 0. The second-order valence-corrected chi connectivity index (χ2v) is 9.80. The van der Waals surface area contributed by atoms with Crippen molar-refractivity contribution in [3.8, 4) is 0 Å². The van der Waals surface area contributed by atoms with Crippen molar-refractivity contribution < 1.29 is 0 Å². The Balaban J connectivity index is 3.29. The zero-order valence-electron chi connectivity index (χ0n) is 21.0. The molecular weight excluding hydrogens is 348 g/mol. The first kappa shape index (κ1) is 29.0. The summed E-state index contributed by atoms with van der Waals surface area (Å²) >= 11 is 0. The molecule has 0 aromatic rings. The summed E-state index contributed by atoms with van der Waals surface area (Å²) in [6, 6.07) is 0. The van der Waals surface area contributed by atoms with Gasteiger partial charge in [0.1, 0.15) is 0 Å². The van der Waals surface area contributed by atoms with Gasteiger partial charge in [0, 0.05) is 0 Å². The first-order valence-corrected chi connectivity index (χ1v) is 14.1. The van der Waals surface area contributed by atoms with E-state index < -0.39 is 0 Å². The molecule has 29 heavy (non-hydrogen) atoms. The minimum Gasteiger partial charge on any atom is -0.0654 e. The summed E-state index contributed by atoms with van der Waals surface area (Å²) < 4.78 is 0. The van der Waals surface area contributed by atoms with Gasteiger partial charge < -0.3 is 0 Å². The lowest BCUT2D eigenvalue weighted by Crippen LogP contribution is -2.00. The van der Waals surface area contributed by atoms with Crippen LogP contribution in [0.1, 0.15) is 174 Å². The average molecular weight is 408 g/mol. The fourth-order valence-corrected chi connectivity index (χ4v) is 4.74. The molecule has 0 aromatic carbocycles. The van der Waals surface area contributed by atoms with E-state index in [0.29, 0.717) is 0 Å². The summed E-state index contributed by atoms with van der Waals surface area (Å²) in [5.41, 5.74) is 0. The van der Waals surface area contributed by atoms with Gasteiger partial charge in [-0.1, -0.05) is 181 Å². The molecule has 1 atom stereocenters. The maximum Gasteiger partial charge on any atom is -0.0414 e. The summed E-state index contributed by atoms with van der Waals surface area (Å²) in [6.07, 6.45) is 36.1. The van der Waals surface area contributed by atoms with Crippen molar-refractivity contribution >= 4 is 0 Å². The number of rotatable bonds is 25. The molecule has 0 N–H and O–H groups in total. The fraction of sp³-hybridized carbons (Fsp3) is 0.966. The van der Waals surface area contributed by atoms with Crippen molar-refractivity contribution in [2.45, 2.75) is 174 Å². The molecule has 175 valence electrons. The van der Waals surface area contributed by atoms with Gasteiger partial charge in [0.25, 0.3) is 0 Å². The van der Waals surface area contributed by atoms with Crippen LogP contribution in [0.4, 0.5) is 0 Å². The fourth-order valence-electron chi connectivity index (χ4n) is 4.74. The van der Waals surface area contributed by atoms with E-state index in [1.807, 2.05) is 0 Å². The number of unbranched alkanes of at least 4 members (excludes halogenated alkanes) is 19. The van der Waals surface area contributed by atoms with Crippen molar-refractivity contribution in [3.63, 3.8) is 0 Å². The van der Waals surface area contributed by atoms with Crippen molar-refractivity contribution in [3.05, 3.63) is 6.92 Å². The van der Waals surface area contributed by atoms with Gasteiger partial charge in [0.2, 0.25) is 0 Å². The first-order valence-electron chi connectivity index (χ1n) is 14.1. The molecule has 0 aliphatic carbocycles.